The first-order chi connectivity index (χ1) is 21.8. The Hall–Kier alpha value is -2.39. The molecule has 0 spiro atoms. The van der Waals surface area contributed by atoms with Gasteiger partial charge in [-0.3, -0.25) is 14.4 Å². The van der Waals surface area contributed by atoms with Crippen molar-refractivity contribution in [2.24, 2.45) is 29.6 Å². The highest BCUT2D eigenvalue weighted by molar-refractivity contribution is 5.85. The van der Waals surface area contributed by atoms with Crippen molar-refractivity contribution < 1.29 is 43.6 Å². The standard InChI is InChI=1S/C34H54N2O9/c1-2-42-26-12-14-28(29(20-26)33(38)39)32(37)35-22-24-10-8-23(9-11-24)16-17-45-36-31-15-13-27(21-30(31)34(40)41)44-19-18-43-25-6-4-3-5-7-25/h1,23-31,36H,3-22H2,(H,35,37)(H,38,39)(H,40,41). The molecule has 11 heteroatoms. The van der Waals surface area contributed by atoms with Crippen molar-refractivity contribution in [1.82, 2.24) is 10.8 Å². The highest BCUT2D eigenvalue weighted by Crippen LogP contribution is 2.34. The average Bonchev–Trinajstić information content (AvgIpc) is 3.05. The molecule has 6 unspecified atom stereocenters. The number of rotatable bonds is 16. The molecule has 45 heavy (non-hydrogen) atoms. The van der Waals surface area contributed by atoms with E-state index in [0.717, 1.165) is 51.4 Å². The van der Waals surface area contributed by atoms with Crippen molar-refractivity contribution in [2.45, 2.75) is 127 Å². The van der Waals surface area contributed by atoms with Crippen LogP contribution in [0.4, 0.5) is 0 Å². The zero-order valence-electron chi connectivity index (χ0n) is 26.7. The van der Waals surface area contributed by atoms with Crippen molar-refractivity contribution in [2.75, 3.05) is 26.4 Å². The Kier molecular flexibility index (Phi) is 14.7. The van der Waals surface area contributed by atoms with Gasteiger partial charge >= 0.3 is 11.9 Å². The second kappa shape index (κ2) is 18.7. The quantitative estimate of drug-likeness (QED) is 0.110. The summed E-state index contributed by atoms with van der Waals surface area (Å²) in [7, 11) is 0. The van der Waals surface area contributed by atoms with Crippen LogP contribution in [0.3, 0.4) is 0 Å². The normalized spacial score (nSPS) is 32.7. The number of terminal acetylenes is 1. The number of hydroxylamine groups is 1. The van der Waals surface area contributed by atoms with Gasteiger partial charge < -0.3 is 34.6 Å². The second-order valence-corrected chi connectivity index (χ2v) is 13.6. The lowest BCUT2D eigenvalue weighted by Crippen LogP contribution is -2.46. The van der Waals surface area contributed by atoms with Gasteiger partial charge in [-0.1, -0.05) is 38.5 Å². The summed E-state index contributed by atoms with van der Waals surface area (Å²) in [5.41, 5.74) is 3.05. The summed E-state index contributed by atoms with van der Waals surface area (Å²) in [5.74, 6) is -2.99. The van der Waals surface area contributed by atoms with Crippen LogP contribution in [0.2, 0.25) is 0 Å². The zero-order valence-corrected chi connectivity index (χ0v) is 26.7. The number of hydrogen-bond acceptors (Lipinski definition) is 8. The highest BCUT2D eigenvalue weighted by Gasteiger charge is 2.40. The molecule has 4 saturated carbocycles. The summed E-state index contributed by atoms with van der Waals surface area (Å²) in [6.07, 6.45) is 21.5. The van der Waals surface area contributed by atoms with Gasteiger partial charge in [0.25, 0.3) is 0 Å². The van der Waals surface area contributed by atoms with Gasteiger partial charge in [0.2, 0.25) is 5.91 Å². The predicted octanol–water partition coefficient (Wildman–Crippen LogP) is 4.28. The molecule has 0 aromatic carbocycles. The van der Waals surface area contributed by atoms with E-state index < -0.39 is 29.7 Å². The van der Waals surface area contributed by atoms with Crippen LogP contribution in [0.15, 0.2) is 0 Å². The molecule has 11 nitrogen and oxygen atoms in total. The van der Waals surface area contributed by atoms with E-state index in [9.17, 15) is 24.6 Å². The molecule has 1 amide bonds. The van der Waals surface area contributed by atoms with Crippen LogP contribution in [0.1, 0.15) is 103 Å². The molecule has 0 saturated heterocycles. The van der Waals surface area contributed by atoms with Crippen molar-refractivity contribution >= 4 is 17.8 Å². The molecular formula is C34H54N2O9. The third kappa shape index (κ3) is 11.4. The minimum absolute atomic E-state index is 0.0684. The number of carboxylic acid groups (broad SMARTS) is 2. The topological polar surface area (TPSA) is 153 Å². The number of hydrogen-bond donors (Lipinski definition) is 4. The number of aliphatic carboxylic acids is 2. The molecular weight excluding hydrogens is 580 g/mol. The Morgan fingerprint density at radius 3 is 2.02 bits per heavy atom. The van der Waals surface area contributed by atoms with E-state index in [1.165, 1.54) is 19.3 Å². The fraction of sp³-hybridized carbons (Fsp3) is 0.853. The molecule has 0 heterocycles. The Bertz CT molecular complexity index is 973. The van der Waals surface area contributed by atoms with Gasteiger partial charge in [-0.05, 0) is 82.5 Å². The van der Waals surface area contributed by atoms with Crippen molar-refractivity contribution in [3.63, 3.8) is 0 Å². The third-order valence-electron chi connectivity index (χ3n) is 10.5. The number of carbonyl (C=O) groups is 3. The maximum atomic E-state index is 12.9. The largest absolute Gasteiger partial charge is 0.481 e. The first-order valence-electron chi connectivity index (χ1n) is 17.3. The predicted molar refractivity (Wildman–Crippen MR) is 166 cm³/mol. The minimum Gasteiger partial charge on any atom is -0.481 e. The smallest absolute Gasteiger partial charge is 0.308 e. The van der Waals surface area contributed by atoms with Gasteiger partial charge in [-0.15, -0.1) is 0 Å². The number of carbonyl (C=O) groups excluding carboxylic acids is 1. The third-order valence-corrected chi connectivity index (χ3v) is 10.5. The van der Waals surface area contributed by atoms with E-state index in [-0.39, 0.29) is 30.6 Å². The van der Waals surface area contributed by atoms with Gasteiger partial charge in [0.05, 0.1) is 49.8 Å². The Balaban J connectivity index is 1.06. The lowest BCUT2D eigenvalue weighted by atomic mass is 9.77. The fourth-order valence-corrected chi connectivity index (χ4v) is 7.77. The van der Waals surface area contributed by atoms with E-state index in [0.29, 0.717) is 70.0 Å². The maximum absolute atomic E-state index is 12.9. The molecule has 0 aromatic rings. The summed E-state index contributed by atoms with van der Waals surface area (Å²) in [6, 6.07) is -0.235. The molecule has 4 rings (SSSR count). The maximum Gasteiger partial charge on any atom is 0.308 e. The highest BCUT2D eigenvalue weighted by atomic mass is 16.6. The first-order valence-corrected chi connectivity index (χ1v) is 17.3. The summed E-state index contributed by atoms with van der Waals surface area (Å²) in [5, 5.41) is 22.5. The second-order valence-electron chi connectivity index (χ2n) is 13.6. The minimum atomic E-state index is -0.983. The molecule has 6 atom stereocenters. The van der Waals surface area contributed by atoms with Crippen molar-refractivity contribution in [3.8, 4) is 12.5 Å². The van der Waals surface area contributed by atoms with E-state index in [4.69, 9.17) is 25.5 Å². The molecule has 0 bridgehead atoms. The summed E-state index contributed by atoms with van der Waals surface area (Å²) >= 11 is 0. The van der Waals surface area contributed by atoms with E-state index in [2.05, 4.69) is 16.9 Å². The monoisotopic (exact) mass is 634 g/mol. The van der Waals surface area contributed by atoms with Crippen LogP contribution < -0.4 is 10.8 Å². The lowest BCUT2D eigenvalue weighted by Gasteiger charge is -2.34. The zero-order chi connectivity index (χ0) is 32.0. The van der Waals surface area contributed by atoms with Gasteiger partial charge in [-0.25, -0.2) is 0 Å². The first kappa shape index (κ1) is 35.5. The molecule has 4 aliphatic rings. The summed E-state index contributed by atoms with van der Waals surface area (Å²) in [6.45, 7) is 2.16. The Morgan fingerprint density at radius 1 is 0.689 bits per heavy atom. The Morgan fingerprint density at radius 2 is 1.33 bits per heavy atom. The average molecular weight is 635 g/mol. The van der Waals surface area contributed by atoms with Crippen LogP contribution in [-0.2, 0) is 33.4 Å². The van der Waals surface area contributed by atoms with E-state index >= 15 is 0 Å². The van der Waals surface area contributed by atoms with Crippen molar-refractivity contribution in [3.05, 3.63) is 0 Å². The van der Waals surface area contributed by atoms with Crippen LogP contribution in [-0.4, -0.2) is 78.8 Å². The molecule has 0 radical (unpaired) electrons. The summed E-state index contributed by atoms with van der Waals surface area (Å²) < 4.78 is 17.1. The molecule has 0 aromatic heterocycles. The number of amides is 1. The Labute approximate surface area is 267 Å². The molecule has 4 fully saturated rings. The van der Waals surface area contributed by atoms with Crippen LogP contribution in [0, 0.1) is 42.1 Å². The lowest BCUT2D eigenvalue weighted by molar-refractivity contribution is -0.151. The van der Waals surface area contributed by atoms with Crippen LogP contribution >= 0.6 is 0 Å². The van der Waals surface area contributed by atoms with Gasteiger partial charge in [0.15, 0.2) is 0 Å². The number of nitrogens with one attached hydrogen (secondary N) is 2. The summed E-state index contributed by atoms with van der Waals surface area (Å²) in [4.78, 5) is 42.4. The molecule has 4 N–H and O–H groups in total. The van der Waals surface area contributed by atoms with Gasteiger partial charge in [0, 0.05) is 12.6 Å². The fourth-order valence-electron chi connectivity index (χ4n) is 7.77. The van der Waals surface area contributed by atoms with E-state index in [1.807, 2.05) is 0 Å². The number of ether oxygens (including phenoxy) is 3. The van der Waals surface area contributed by atoms with E-state index in [1.54, 1.807) is 0 Å². The molecule has 4 aliphatic carbocycles. The van der Waals surface area contributed by atoms with Crippen LogP contribution in [0.5, 0.6) is 0 Å². The number of carboxylic acids is 2. The molecule has 254 valence electrons. The van der Waals surface area contributed by atoms with Crippen LogP contribution in [0.25, 0.3) is 0 Å². The van der Waals surface area contributed by atoms with Crippen molar-refractivity contribution in [1.29, 1.82) is 0 Å². The van der Waals surface area contributed by atoms with Gasteiger partial charge in [0.1, 0.15) is 12.2 Å². The molecule has 0 aliphatic heterocycles. The van der Waals surface area contributed by atoms with Gasteiger partial charge in [-0.2, -0.15) is 5.48 Å². The SMILES string of the molecule is C#COC1CCC(C(=O)NCC2CCC(CCONC3CCC(OCCOC4CCCCC4)CC3C(=O)O)CC2)C(C(=O)O)C1.